The molecule has 2 nitrogen and oxygen atoms in total. The maximum Gasteiger partial charge on any atom is 0.0701 e. The van der Waals surface area contributed by atoms with Crippen molar-refractivity contribution in [2.45, 2.75) is 19.4 Å². The quantitative estimate of drug-likeness (QED) is 0.824. The van der Waals surface area contributed by atoms with Crippen molar-refractivity contribution in [1.82, 2.24) is 5.32 Å². The molecule has 0 aliphatic carbocycles. The van der Waals surface area contributed by atoms with Crippen LogP contribution in [-0.2, 0) is 6.42 Å². The second kappa shape index (κ2) is 7.25. The Labute approximate surface area is 133 Å². The summed E-state index contributed by atoms with van der Waals surface area (Å²) in [6, 6.07) is 13.5. The van der Waals surface area contributed by atoms with E-state index in [1.54, 1.807) is 0 Å². The zero-order chi connectivity index (χ0) is 14.5. The van der Waals surface area contributed by atoms with E-state index in [1.165, 1.54) is 19.9 Å². The molecular weight excluding hydrogens is 332 g/mol. The zero-order valence-corrected chi connectivity index (χ0v) is 14.6. The Bertz CT molecular complexity index is 551. The maximum absolute atomic E-state index is 3.60. The van der Waals surface area contributed by atoms with Gasteiger partial charge in [-0.05, 0) is 52.3 Å². The van der Waals surface area contributed by atoms with E-state index in [4.69, 9.17) is 0 Å². The third kappa shape index (κ3) is 4.08. The Hall–Kier alpha value is -0.840. The van der Waals surface area contributed by atoms with E-state index in [0.717, 1.165) is 13.0 Å². The lowest BCUT2D eigenvalue weighted by Gasteiger charge is -2.20. The molecule has 0 fully saturated rings. The minimum Gasteiger partial charge on any atom is -0.378 e. The van der Waals surface area contributed by atoms with Crippen LogP contribution >= 0.6 is 27.3 Å². The van der Waals surface area contributed by atoms with Gasteiger partial charge < -0.3 is 10.2 Å². The molecule has 0 saturated carbocycles. The van der Waals surface area contributed by atoms with Gasteiger partial charge in [0, 0.05) is 37.1 Å². The summed E-state index contributed by atoms with van der Waals surface area (Å²) < 4.78 is 1.20. The average molecular weight is 353 g/mol. The lowest BCUT2D eigenvalue weighted by Crippen LogP contribution is -2.23. The maximum atomic E-state index is 3.60. The van der Waals surface area contributed by atoms with Gasteiger partial charge >= 0.3 is 0 Å². The summed E-state index contributed by atoms with van der Waals surface area (Å²) in [6.07, 6.45) is 1.03. The number of rotatable bonds is 6. The van der Waals surface area contributed by atoms with Gasteiger partial charge in [-0.25, -0.2) is 0 Å². The smallest absolute Gasteiger partial charge is 0.0701 e. The first-order valence-corrected chi connectivity index (χ1v) is 8.46. The first kappa shape index (κ1) is 15.5. The molecule has 108 valence electrons. The van der Waals surface area contributed by atoms with E-state index in [2.05, 4.69) is 83.6 Å². The van der Waals surface area contributed by atoms with Gasteiger partial charge in [-0.1, -0.05) is 19.1 Å². The van der Waals surface area contributed by atoms with Crippen molar-refractivity contribution in [3.05, 3.63) is 50.6 Å². The fraction of sp³-hybridized carbons (Fsp3) is 0.375. The summed E-state index contributed by atoms with van der Waals surface area (Å²) in [5.41, 5.74) is 2.60. The lowest BCUT2D eigenvalue weighted by atomic mass is 10.0. The molecule has 4 heteroatoms. The first-order valence-electron chi connectivity index (χ1n) is 6.85. The van der Waals surface area contributed by atoms with Crippen molar-refractivity contribution < 1.29 is 0 Å². The zero-order valence-electron chi connectivity index (χ0n) is 12.2. The summed E-state index contributed by atoms with van der Waals surface area (Å²) in [6.45, 7) is 3.14. The first-order chi connectivity index (χ1) is 9.60. The van der Waals surface area contributed by atoms with Crippen LogP contribution in [0, 0.1) is 0 Å². The third-order valence-electron chi connectivity index (χ3n) is 3.27. The van der Waals surface area contributed by atoms with Crippen molar-refractivity contribution in [3.63, 3.8) is 0 Å². The minimum atomic E-state index is 0.366. The number of hydrogen-bond acceptors (Lipinski definition) is 3. The van der Waals surface area contributed by atoms with Crippen LogP contribution in [0.1, 0.15) is 23.4 Å². The highest BCUT2D eigenvalue weighted by molar-refractivity contribution is 9.11. The molecule has 1 N–H and O–H groups in total. The van der Waals surface area contributed by atoms with Crippen molar-refractivity contribution in [2.24, 2.45) is 0 Å². The molecule has 20 heavy (non-hydrogen) atoms. The van der Waals surface area contributed by atoms with E-state index in [9.17, 15) is 0 Å². The van der Waals surface area contributed by atoms with Gasteiger partial charge in [0.25, 0.3) is 0 Å². The number of anilines is 1. The van der Waals surface area contributed by atoms with E-state index in [0.29, 0.717) is 6.04 Å². The van der Waals surface area contributed by atoms with Gasteiger partial charge in [-0.2, -0.15) is 0 Å². The molecule has 2 rings (SSSR count). The van der Waals surface area contributed by atoms with E-state index in [1.807, 2.05) is 11.3 Å². The molecule has 1 heterocycles. The monoisotopic (exact) mass is 352 g/mol. The van der Waals surface area contributed by atoms with Crippen LogP contribution in [0.5, 0.6) is 0 Å². The average Bonchev–Trinajstić information content (AvgIpc) is 2.84. The fourth-order valence-corrected chi connectivity index (χ4v) is 3.77. The molecule has 2 aromatic rings. The molecule has 0 radical (unpaired) electrons. The lowest BCUT2D eigenvalue weighted by molar-refractivity contribution is 0.553. The Kier molecular flexibility index (Phi) is 5.64. The van der Waals surface area contributed by atoms with Crippen LogP contribution in [0.3, 0.4) is 0 Å². The molecule has 0 saturated heterocycles. The molecule has 1 unspecified atom stereocenters. The minimum absolute atomic E-state index is 0.366. The number of nitrogens with one attached hydrogen (secondary N) is 1. The molecular formula is C16H21BrN2S. The number of nitrogens with zero attached hydrogens (tertiary/aromatic N) is 1. The summed E-state index contributed by atoms with van der Waals surface area (Å²) in [4.78, 5) is 3.55. The normalized spacial score (nSPS) is 12.4. The summed E-state index contributed by atoms with van der Waals surface area (Å²) in [5.74, 6) is 0. The van der Waals surface area contributed by atoms with Crippen molar-refractivity contribution in [2.75, 3.05) is 25.5 Å². The van der Waals surface area contributed by atoms with Gasteiger partial charge in [0.15, 0.2) is 0 Å². The highest BCUT2D eigenvalue weighted by atomic mass is 79.9. The van der Waals surface area contributed by atoms with Gasteiger partial charge in [0.1, 0.15) is 0 Å². The Morgan fingerprint density at radius 1 is 1.25 bits per heavy atom. The van der Waals surface area contributed by atoms with Crippen molar-refractivity contribution >= 4 is 33.0 Å². The predicted octanol–water partition coefficient (Wildman–Crippen LogP) is 4.47. The largest absolute Gasteiger partial charge is 0.378 e. The number of halogens is 1. The standard InChI is InChI=1S/C16H21BrN2S/c1-4-18-15(11-14-8-9-16(17)20-14)12-6-5-7-13(10-12)19(2)3/h5-10,15,18H,4,11H2,1-3H3. The molecule has 0 aliphatic heterocycles. The summed E-state index contributed by atoms with van der Waals surface area (Å²) >= 11 is 5.35. The molecule has 1 aromatic heterocycles. The van der Waals surface area contributed by atoms with Gasteiger partial charge in [-0.15, -0.1) is 11.3 Å². The topological polar surface area (TPSA) is 15.3 Å². The predicted molar refractivity (Wildman–Crippen MR) is 92.9 cm³/mol. The number of thiophene rings is 1. The number of likely N-dealkylation sites (N-methyl/N-ethyl adjacent to an activating group) is 1. The van der Waals surface area contributed by atoms with Crippen molar-refractivity contribution in [3.8, 4) is 0 Å². The van der Waals surface area contributed by atoms with Crippen LogP contribution < -0.4 is 10.2 Å². The molecule has 1 atom stereocenters. The van der Waals surface area contributed by atoms with Crippen LogP contribution in [0.25, 0.3) is 0 Å². The second-order valence-corrected chi connectivity index (χ2v) is 7.56. The van der Waals surface area contributed by atoms with Crippen LogP contribution in [0.2, 0.25) is 0 Å². The number of benzene rings is 1. The Morgan fingerprint density at radius 3 is 2.65 bits per heavy atom. The van der Waals surface area contributed by atoms with Gasteiger partial charge in [0.2, 0.25) is 0 Å². The summed E-state index contributed by atoms with van der Waals surface area (Å²) in [7, 11) is 4.16. The highest BCUT2D eigenvalue weighted by Crippen LogP contribution is 2.28. The van der Waals surface area contributed by atoms with E-state index < -0.39 is 0 Å². The molecule has 0 spiro atoms. The molecule has 0 bridgehead atoms. The second-order valence-electron chi connectivity index (χ2n) is 5.01. The van der Waals surface area contributed by atoms with Gasteiger partial charge in [0.05, 0.1) is 3.79 Å². The Morgan fingerprint density at radius 2 is 2.05 bits per heavy atom. The molecule has 1 aromatic carbocycles. The van der Waals surface area contributed by atoms with Crippen LogP contribution in [0.4, 0.5) is 5.69 Å². The van der Waals surface area contributed by atoms with E-state index >= 15 is 0 Å². The third-order valence-corrected chi connectivity index (χ3v) is 4.92. The number of hydrogen-bond donors (Lipinski definition) is 1. The molecule has 0 aliphatic rings. The van der Waals surface area contributed by atoms with Gasteiger partial charge in [-0.3, -0.25) is 0 Å². The Balaban J connectivity index is 2.21. The summed E-state index contributed by atoms with van der Waals surface area (Å²) in [5, 5.41) is 3.60. The van der Waals surface area contributed by atoms with Crippen LogP contribution in [-0.4, -0.2) is 20.6 Å². The van der Waals surface area contributed by atoms with Crippen molar-refractivity contribution in [1.29, 1.82) is 0 Å². The molecule has 0 amide bonds. The fourth-order valence-electron chi connectivity index (χ4n) is 2.24. The highest BCUT2D eigenvalue weighted by Gasteiger charge is 2.13. The van der Waals surface area contributed by atoms with Crippen LogP contribution in [0.15, 0.2) is 40.2 Å². The SMILES string of the molecule is CCNC(Cc1ccc(Br)s1)c1cccc(N(C)C)c1. The van der Waals surface area contributed by atoms with E-state index in [-0.39, 0.29) is 0 Å².